The summed E-state index contributed by atoms with van der Waals surface area (Å²) in [4.78, 5) is 19.6. The zero-order valence-corrected chi connectivity index (χ0v) is 31.4. The van der Waals surface area contributed by atoms with Crippen LogP contribution in [0.15, 0.2) is 65.8 Å². The van der Waals surface area contributed by atoms with E-state index in [1.54, 1.807) is 6.20 Å². The monoisotopic (exact) mass is 778 g/mol. The molecule has 2 aliphatic carbocycles. The van der Waals surface area contributed by atoms with Crippen molar-refractivity contribution in [1.82, 2.24) is 9.88 Å². The van der Waals surface area contributed by atoms with Crippen molar-refractivity contribution in [1.29, 1.82) is 0 Å². The average Bonchev–Trinajstić information content (AvgIpc) is 4.08. The second-order valence-corrected chi connectivity index (χ2v) is 17.3. The molecule has 52 heavy (non-hydrogen) atoms. The fraction of sp³-hybridized carbons (Fsp3) is 0.514. The largest absolute Gasteiger partial charge is 0.490 e. The molecule has 2 fully saturated rings. The molecule has 0 bridgehead atoms. The number of carbonyl (C=O) groups is 1. The Balaban J connectivity index is 1.17. The zero-order valence-electron chi connectivity index (χ0n) is 29.0. The van der Waals surface area contributed by atoms with Crippen LogP contribution in [0.1, 0.15) is 49.7 Å². The highest BCUT2D eigenvalue weighted by molar-refractivity contribution is 7.99. The van der Waals surface area contributed by atoms with E-state index in [0.717, 1.165) is 69.7 Å². The summed E-state index contributed by atoms with van der Waals surface area (Å²) in [7, 11) is -3.45. The molecule has 4 unspecified atom stereocenters. The summed E-state index contributed by atoms with van der Waals surface area (Å²) >= 11 is 8.13. The number of halogens is 1. The van der Waals surface area contributed by atoms with Crippen LogP contribution >= 0.6 is 23.4 Å². The topological polar surface area (TPSA) is 187 Å². The van der Waals surface area contributed by atoms with Gasteiger partial charge in [-0.3, -0.25) is 9.78 Å². The SMILES string of the molecule is CS(=O)(=O)CCN(CC(O)C(O)C(O)C(O)CO)C(=O)CCCSc1ccc(Cl)c(COC2(c3cnccc3-c3ccccc3OC3CC3)CC2)c1. The van der Waals surface area contributed by atoms with Crippen molar-refractivity contribution in [2.75, 3.05) is 37.5 Å². The Kier molecular flexibility index (Phi) is 14.0. The lowest BCUT2D eigenvalue weighted by Gasteiger charge is -2.30. The molecule has 2 saturated carbocycles. The van der Waals surface area contributed by atoms with Gasteiger partial charge in [-0.1, -0.05) is 29.8 Å². The van der Waals surface area contributed by atoms with E-state index in [-0.39, 0.29) is 31.4 Å². The van der Waals surface area contributed by atoms with Crippen LogP contribution in [0.2, 0.25) is 5.02 Å². The lowest BCUT2D eigenvalue weighted by atomic mass is 9.96. The highest BCUT2D eigenvalue weighted by Crippen LogP contribution is 2.53. The van der Waals surface area contributed by atoms with Gasteiger partial charge < -0.3 is 39.9 Å². The number of thioether (sulfide) groups is 1. The first-order valence-electron chi connectivity index (χ1n) is 17.3. The summed E-state index contributed by atoms with van der Waals surface area (Å²) in [5, 5.41) is 49.8. The number of nitrogens with zero attached hydrogens (tertiary/aromatic N) is 2. The van der Waals surface area contributed by atoms with Crippen molar-refractivity contribution in [2.24, 2.45) is 0 Å². The van der Waals surface area contributed by atoms with Crippen LogP contribution in [0.4, 0.5) is 0 Å². The van der Waals surface area contributed by atoms with Gasteiger partial charge in [-0.25, -0.2) is 8.42 Å². The number of rotatable bonds is 21. The molecule has 0 aliphatic heterocycles. The van der Waals surface area contributed by atoms with Crippen molar-refractivity contribution < 1.29 is 48.2 Å². The van der Waals surface area contributed by atoms with Gasteiger partial charge in [0.05, 0.1) is 30.7 Å². The average molecular weight is 779 g/mol. The zero-order chi connectivity index (χ0) is 37.5. The number of pyridine rings is 1. The molecule has 0 saturated heterocycles. The molecule has 2 aromatic carbocycles. The third kappa shape index (κ3) is 11.1. The second-order valence-electron chi connectivity index (χ2n) is 13.5. The number of aliphatic hydroxyl groups excluding tert-OH is 5. The van der Waals surface area contributed by atoms with Gasteiger partial charge in [0.2, 0.25) is 5.91 Å². The summed E-state index contributed by atoms with van der Waals surface area (Å²) in [6.07, 6.45) is 2.10. The number of benzene rings is 2. The first-order chi connectivity index (χ1) is 24.8. The Hall–Kier alpha value is -2.79. The highest BCUT2D eigenvalue weighted by atomic mass is 35.5. The number of aliphatic hydroxyl groups is 5. The number of aromatic nitrogens is 1. The van der Waals surface area contributed by atoms with Gasteiger partial charge in [0, 0.05) is 59.2 Å². The lowest BCUT2D eigenvalue weighted by molar-refractivity contribution is -0.139. The maximum Gasteiger partial charge on any atom is 0.222 e. The molecule has 1 amide bonds. The summed E-state index contributed by atoms with van der Waals surface area (Å²) in [6.45, 7) is -1.26. The molecule has 1 heterocycles. The summed E-state index contributed by atoms with van der Waals surface area (Å²) < 4.78 is 36.4. The van der Waals surface area contributed by atoms with Crippen LogP contribution in [0.25, 0.3) is 11.1 Å². The van der Waals surface area contributed by atoms with Crippen molar-refractivity contribution >= 4 is 39.1 Å². The maximum atomic E-state index is 13.1. The molecular weight excluding hydrogens is 732 g/mol. The molecular formula is C37H47ClN2O10S2. The van der Waals surface area contributed by atoms with E-state index in [9.17, 15) is 33.6 Å². The van der Waals surface area contributed by atoms with E-state index in [2.05, 4.69) is 11.1 Å². The molecule has 2 aliphatic rings. The second kappa shape index (κ2) is 18.0. The Labute approximate surface area is 313 Å². The number of amides is 1. The minimum atomic E-state index is -3.45. The maximum absolute atomic E-state index is 13.1. The molecule has 1 aromatic heterocycles. The smallest absolute Gasteiger partial charge is 0.222 e. The van der Waals surface area contributed by atoms with Crippen LogP contribution < -0.4 is 4.74 Å². The molecule has 3 aromatic rings. The van der Waals surface area contributed by atoms with E-state index in [0.29, 0.717) is 17.2 Å². The van der Waals surface area contributed by atoms with Crippen molar-refractivity contribution in [3.63, 3.8) is 0 Å². The number of ether oxygens (including phenoxy) is 2. The van der Waals surface area contributed by atoms with E-state index >= 15 is 0 Å². The molecule has 12 nitrogen and oxygen atoms in total. The Morgan fingerprint density at radius 2 is 1.79 bits per heavy atom. The molecule has 284 valence electrons. The standard InChI is InChI=1S/C37H47ClN2O10S2/c1-52(47,48)18-16-40(21-31(42)35(45)36(46)32(43)22-41)34(44)7-4-17-51-26-10-11-30(38)24(19-26)23-49-37(13-14-37)29-20-39-15-12-27(29)28-5-2-3-6-33(28)50-25-8-9-25/h2-3,5-6,10-12,15,19-20,25,31-32,35-36,41-43,45-46H,4,7-9,13-14,16-18,21-23H2,1H3. The Bertz CT molecular complexity index is 1770. The van der Waals surface area contributed by atoms with Gasteiger partial charge in [-0.15, -0.1) is 11.8 Å². The fourth-order valence-corrected chi connectivity index (χ4v) is 7.42. The van der Waals surface area contributed by atoms with Crippen molar-refractivity contribution in [3.8, 4) is 16.9 Å². The number of hydrogen-bond donors (Lipinski definition) is 5. The minimum absolute atomic E-state index is 0.0374. The van der Waals surface area contributed by atoms with Crippen LogP contribution in [-0.4, -0.2) is 118 Å². The number of carbonyl (C=O) groups excluding carboxylic acids is 1. The van der Waals surface area contributed by atoms with Gasteiger partial charge in [0.1, 0.15) is 40.0 Å². The summed E-state index contributed by atoms with van der Waals surface area (Å²) in [6, 6.07) is 15.7. The van der Waals surface area contributed by atoms with Crippen LogP contribution in [0, 0.1) is 0 Å². The molecule has 4 atom stereocenters. The molecule has 0 spiro atoms. The predicted molar refractivity (Wildman–Crippen MR) is 198 cm³/mol. The number of hydrogen-bond acceptors (Lipinski definition) is 12. The van der Waals surface area contributed by atoms with E-state index < -0.39 is 58.9 Å². The van der Waals surface area contributed by atoms with E-state index in [1.165, 1.54) is 11.8 Å². The molecule has 5 N–H and O–H groups in total. The fourth-order valence-electron chi connectivity index (χ4n) is 5.78. The minimum Gasteiger partial charge on any atom is -0.490 e. The summed E-state index contributed by atoms with van der Waals surface area (Å²) in [5.41, 5.74) is 3.39. The Morgan fingerprint density at radius 1 is 1.06 bits per heavy atom. The van der Waals surface area contributed by atoms with Crippen LogP contribution in [0.3, 0.4) is 0 Å². The van der Waals surface area contributed by atoms with Crippen molar-refractivity contribution in [3.05, 3.63) is 77.1 Å². The lowest BCUT2D eigenvalue weighted by Crippen LogP contribution is -2.51. The van der Waals surface area contributed by atoms with Gasteiger partial charge in [-0.2, -0.15) is 0 Å². The molecule has 5 rings (SSSR count). The van der Waals surface area contributed by atoms with Gasteiger partial charge in [0.25, 0.3) is 0 Å². The first-order valence-corrected chi connectivity index (χ1v) is 20.8. The number of sulfone groups is 1. The van der Waals surface area contributed by atoms with Gasteiger partial charge >= 0.3 is 0 Å². The third-order valence-electron chi connectivity index (χ3n) is 9.15. The Morgan fingerprint density at radius 3 is 2.48 bits per heavy atom. The predicted octanol–water partition coefficient (Wildman–Crippen LogP) is 3.33. The first kappa shape index (κ1) is 40.4. The summed E-state index contributed by atoms with van der Waals surface area (Å²) in [5.74, 6) is 0.602. The number of para-hydroxylation sites is 1. The van der Waals surface area contributed by atoms with Gasteiger partial charge in [-0.05, 0) is 79.3 Å². The van der Waals surface area contributed by atoms with Crippen molar-refractivity contribution in [2.45, 2.75) is 86.1 Å². The molecule has 0 radical (unpaired) electrons. The van der Waals surface area contributed by atoms with Gasteiger partial charge in [0.15, 0.2) is 0 Å². The normalized spacial score (nSPS) is 17.6. The van der Waals surface area contributed by atoms with Crippen LogP contribution in [-0.2, 0) is 31.6 Å². The van der Waals surface area contributed by atoms with Crippen LogP contribution in [0.5, 0.6) is 5.75 Å². The quantitative estimate of drug-likeness (QED) is 0.0786. The highest BCUT2D eigenvalue weighted by Gasteiger charge is 2.48. The third-order valence-corrected chi connectivity index (χ3v) is 11.5. The molecule has 15 heteroatoms. The van der Waals surface area contributed by atoms with E-state index in [4.69, 9.17) is 26.2 Å². The van der Waals surface area contributed by atoms with E-state index in [1.807, 2.05) is 48.7 Å².